The van der Waals surface area contributed by atoms with E-state index < -0.39 is 0 Å². The summed E-state index contributed by atoms with van der Waals surface area (Å²) in [6, 6.07) is 6.08. The van der Waals surface area contributed by atoms with Crippen LogP contribution in [0.15, 0.2) is 22.7 Å². The van der Waals surface area contributed by atoms with E-state index in [4.69, 9.17) is 4.74 Å². The van der Waals surface area contributed by atoms with Crippen molar-refractivity contribution in [1.82, 2.24) is 0 Å². The van der Waals surface area contributed by atoms with Gasteiger partial charge in [0.25, 0.3) is 0 Å². The van der Waals surface area contributed by atoms with E-state index in [9.17, 15) is 0 Å². The maximum absolute atomic E-state index is 5.54. The van der Waals surface area contributed by atoms with Crippen LogP contribution in [0.25, 0.3) is 0 Å². The summed E-state index contributed by atoms with van der Waals surface area (Å²) < 4.78 is 6.61. The molecule has 0 atom stereocenters. The van der Waals surface area contributed by atoms with Gasteiger partial charge in [-0.2, -0.15) is 0 Å². The third-order valence-electron chi connectivity index (χ3n) is 1.61. The standard InChI is InChI=1S/C10H13BrO/c1-3-6-12-10-7-9(11)5-4-8(10)2/h4-5,7H,3,6H2,1-2H3. The Morgan fingerprint density at radius 3 is 2.83 bits per heavy atom. The second-order valence-corrected chi connectivity index (χ2v) is 3.67. The maximum Gasteiger partial charge on any atom is 0.123 e. The van der Waals surface area contributed by atoms with Gasteiger partial charge in [-0.1, -0.05) is 28.9 Å². The average molecular weight is 229 g/mol. The normalized spacial score (nSPS) is 9.92. The predicted octanol–water partition coefficient (Wildman–Crippen LogP) is 3.55. The first-order valence-corrected chi connectivity index (χ1v) is 4.92. The molecule has 0 saturated carbocycles. The van der Waals surface area contributed by atoms with Gasteiger partial charge in [-0.25, -0.2) is 0 Å². The van der Waals surface area contributed by atoms with Gasteiger partial charge in [0.2, 0.25) is 0 Å². The highest BCUT2D eigenvalue weighted by Gasteiger charge is 1.98. The molecular formula is C10H13BrO. The van der Waals surface area contributed by atoms with Gasteiger partial charge in [-0.15, -0.1) is 0 Å². The fourth-order valence-corrected chi connectivity index (χ4v) is 1.28. The Kier molecular flexibility index (Phi) is 3.60. The van der Waals surface area contributed by atoms with Crippen LogP contribution in [-0.2, 0) is 0 Å². The average Bonchev–Trinajstić information content (AvgIpc) is 2.07. The molecular weight excluding hydrogens is 216 g/mol. The summed E-state index contributed by atoms with van der Waals surface area (Å²) in [6.45, 7) is 4.95. The van der Waals surface area contributed by atoms with Crippen molar-refractivity contribution in [3.8, 4) is 5.75 Å². The Hall–Kier alpha value is -0.500. The van der Waals surface area contributed by atoms with Gasteiger partial charge >= 0.3 is 0 Å². The Labute approximate surface area is 81.9 Å². The van der Waals surface area contributed by atoms with Gasteiger partial charge in [0.15, 0.2) is 0 Å². The van der Waals surface area contributed by atoms with Crippen molar-refractivity contribution in [2.45, 2.75) is 20.3 Å². The predicted molar refractivity (Wildman–Crippen MR) is 54.7 cm³/mol. The zero-order valence-electron chi connectivity index (χ0n) is 7.43. The van der Waals surface area contributed by atoms with E-state index in [2.05, 4.69) is 35.8 Å². The van der Waals surface area contributed by atoms with Crippen molar-refractivity contribution in [2.24, 2.45) is 0 Å². The minimum absolute atomic E-state index is 0.789. The molecule has 1 rings (SSSR count). The summed E-state index contributed by atoms with van der Waals surface area (Å²) in [5, 5.41) is 0. The first-order valence-electron chi connectivity index (χ1n) is 4.13. The van der Waals surface area contributed by atoms with Crippen molar-refractivity contribution < 1.29 is 4.74 Å². The van der Waals surface area contributed by atoms with E-state index in [1.54, 1.807) is 0 Å². The van der Waals surface area contributed by atoms with Crippen LogP contribution in [0.2, 0.25) is 0 Å². The molecule has 1 aromatic rings. The lowest BCUT2D eigenvalue weighted by molar-refractivity contribution is 0.315. The molecule has 0 aromatic heterocycles. The molecule has 66 valence electrons. The molecule has 0 aliphatic rings. The topological polar surface area (TPSA) is 9.23 Å². The molecule has 0 fully saturated rings. The summed E-state index contributed by atoms with van der Waals surface area (Å²) in [7, 11) is 0. The number of halogens is 1. The molecule has 0 radical (unpaired) electrons. The van der Waals surface area contributed by atoms with Gasteiger partial charge in [0, 0.05) is 4.47 Å². The Bertz CT molecular complexity index is 258. The summed E-state index contributed by atoms with van der Waals surface area (Å²) in [4.78, 5) is 0. The van der Waals surface area contributed by atoms with Crippen LogP contribution in [0, 0.1) is 6.92 Å². The molecule has 0 unspecified atom stereocenters. The Morgan fingerprint density at radius 2 is 2.17 bits per heavy atom. The van der Waals surface area contributed by atoms with Gasteiger partial charge in [-0.3, -0.25) is 0 Å². The van der Waals surface area contributed by atoms with Crippen molar-refractivity contribution in [3.05, 3.63) is 28.2 Å². The molecule has 0 spiro atoms. The van der Waals surface area contributed by atoms with Crippen LogP contribution >= 0.6 is 15.9 Å². The van der Waals surface area contributed by atoms with E-state index in [0.717, 1.165) is 23.2 Å². The molecule has 0 heterocycles. The molecule has 0 bridgehead atoms. The van der Waals surface area contributed by atoms with Crippen LogP contribution in [-0.4, -0.2) is 6.61 Å². The van der Waals surface area contributed by atoms with Gasteiger partial charge in [-0.05, 0) is 31.0 Å². The summed E-state index contributed by atoms with van der Waals surface area (Å²) in [5.74, 6) is 0.978. The third-order valence-corrected chi connectivity index (χ3v) is 2.11. The van der Waals surface area contributed by atoms with Crippen LogP contribution < -0.4 is 4.74 Å². The fraction of sp³-hybridized carbons (Fsp3) is 0.400. The van der Waals surface area contributed by atoms with Crippen molar-refractivity contribution in [3.63, 3.8) is 0 Å². The van der Waals surface area contributed by atoms with Crippen molar-refractivity contribution in [1.29, 1.82) is 0 Å². The number of rotatable bonds is 3. The van der Waals surface area contributed by atoms with Crippen LogP contribution in [0.4, 0.5) is 0 Å². The van der Waals surface area contributed by atoms with E-state index in [-0.39, 0.29) is 0 Å². The SMILES string of the molecule is CCCOc1cc(Br)ccc1C. The fourth-order valence-electron chi connectivity index (χ4n) is 0.941. The van der Waals surface area contributed by atoms with Crippen LogP contribution in [0.1, 0.15) is 18.9 Å². The van der Waals surface area contributed by atoms with Crippen molar-refractivity contribution >= 4 is 15.9 Å². The lowest BCUT2D eigenvalue weighted by Crippen LogP contribution is -1.96. The molecule has 0 aliphatic heterocycles. The van der Waals surface area contributed by atoms with E-state index in [1.807, 2.05) is 12.1 Å². The summed E-state index contributed by atoms with van der Waals surface area (Å²) in [5.41, 5.74) is 1.19. The summed E-state index contributed by atoms with van der Waals surface area (Å²) >= 11 is 3.41. The maximum atomic E-state index is 5.54. The molecule has 0 saturated heterocycles. The Balaban J connectivity index is 2.75. The molecule has 0 amide bonds. The quantitative estimate of drug-likeness (QED) is 0.770. The minimum Gasteiger partial charge on any atom is -0.493 e. The smallest absolute Gasteiger partial charge is 0.123 e. The Morgan fingerprint density at radius 1 is 1.42 bits per heavy atom. The number of hydrogen-bond acceptors (Lipinski definition) is 1. The molecule has 0 N–H and O–H groups in total. The van der Waals surface area contributed by atoms with Crippen molar-refractivity contribution in [2.75, 3.05) is 6.61 Å². The number of ether oxygens (including phenoxy) is 1. The van der Waals surface area contributed by atoms with Crippen LogP contribution in [0.5, 0.6) is 5.75 Å². The highest BCUT2D eigenvalue weighted by atomic mass is 79.9. The largest absolute Gasteiger partial charge is 0.493 e. The zero-order chi connectivity index (χ0) is 8.97. The van der Waals surface area contributed by atoms with Crippen LogP contribution in [0.3, 0.4) is 0 Å². The van der Waals surface area contributed by atoms with Gasteiger partial charge in [0.05, 0.1) is 6.61 Å². The zero-order valence-corrected chi connectivity index (χ0v) is 9.02. The second kappa shape index (κ2) is 4.51. The second-order valence-electron chi connectivity index (χ2n) is 2.76. The van der Waals surface area contributed by atoms with Gasteiger partial charge in [0.1, 0.15) is 5.75 Å². The first kappa shape index (κ1) is 9.59. The lowest BCUT2D eigenvalue weighted by atomic mass is 10.2. The third kappa shape index (κ3) is 2.52. The minimum atomic E-state index is 0.789. The number of hydrogen-bond donors (Lipinski definition) is 0. The van der Waals surface area contributed by atoms with Gasteiger partial charge < -0.3 is 4.74 Å². The number of benzene rings is 1. The number of aryl methyl sites for hydroxylation is 1. The summed E-state index contributed by atoms with van der Waals surface area (Å²) in [6.07, 6.45) is 1.05. The van der Waals surface area contributed by atoms with E-state index in [0.29, 0.717) is 0 Å². The molecule has 1 nitrogen and oxygen atoms in total. The molecule has 12 heavy (non-hydrogen) atoms. The van der Waals surface area contributed by atoms with E-state index in [1.165, 1.54) is 5.56 Å². The highest BCUT2D eigenvalue weighted by Crippen LogP contribution is 2.22. The first-order chi connectivity index (χ1) is 5.74. The highest BCUT2D eigenvalue weighted by molar-refractivity contribution is 9.10. The molecule has 0 aliphatic carbocycles. The lowest BCUT2D eigenvalue weighted by Gasteiger charge is -2.07. The van der Waals surface area contributed by atoms with E-state index >= 15 is 0 Å². The monoisotopic (exact) mass is 228 g/mol. The molecule has 2 heteroatoms. The molecule has 1 aromatic carbocycles.